The molecular weight excluding hydrogens is 867 g/mol. The fourth-order valence-corrected chi connectivity index (χ4v) is 13.8. The van der Waals surface area contributed by atoms with Gasteiger partial charge in [0.25, 0.3) is 0 Å². The summed E-state index contributed by atoms with van der Waals surface area (Å²) in [5.41, 5.74) is 24.5. The van der Waals surface area contributed by atoms with Crippen molar-refractivity contribution < 1.29 is 0 Å². The molecule has 0 N–H and O–H groups in total. The first-order chi connectivity index (χ1) is 35.5. The molecule has 342 valence electrons. The second kappa shape index (κ2) is 16.3. The molecule has 3 unspecified atom stereocenters. The zero-order chi connectivity index (χ0) is 48.0. The summed E-state index contributed by atoms with van der Waals surface area (Å²) in [6, 6.07) is 91.7. The molecule has 0 saturated heterocycles. The van der Waals surface area contributed by atoms with Crippen LogP contribution in [0.1, 0.15) is 70.3 Å². The van der Waals surface area contributed by atoms with Crippen molar-refractivity contribution >= 4 is 17.1 Å². The molecule has 4 aliphatic carbocycles. The smallest absolute Gasteiger partial charge is 0.0719 e. The summed E-state index contributed by atoms with van der Waals surface area (Å²) in [4.78, 5) is 2.52. The van der Waals surface area contributed by atoms with E-state index in [1.165, 1.54) is 94.6 Å². The van der Waals surface area contributed by atoms with Crippen LogP contribution in [0.2, 0.25) is 0 Å². The molecule has 3 atom stereocenters. The lowest BCUT2D eigenvalue weighted by molar-refractivity contribution is 0.424. The molecule has 1 nitrogen and oxygen atoms in total. The van der Waals surface area contributed by atoms with E-state index in [1.807, 2.05) is 0 Å². The number of fused-ring (bicyclic) bond motifs is 8. The molecule has 1 heteroatoms. The molecule has 10 aromatic rings. The van der Waals surface area contributed by atoms with Gasteiger partial charge in [-0.1, -0.05) is 244 Å². The number of rotatable bonds is 8. The van der Waals surface area contributed by atoms with Crippen molar-refractivity contribution in [3.63, 3.8) is 0 Å². The SMILES string of the molecule is CC1(C)c2ccccc2-c2ccc(N(c3ccc(C4(C5C=CC=CC5)c5ccccc5C5(c6ccccc6)c6ccccc6-c6cccc4c65)cc3)c3ccc(-c4ccccc4)cc3-c3ccccc3)cc21. The zero-order valence-corrected chi connectivity index (χ0v) is 40.6. The highest BCUT2D eigenvalue weighted by Crippen LogP contribution is 2.66. The van der Waals surface area contributed by atoms with Crippen LogP contribution in [0.4, 0.5) is 17.1 Å². The standard InChI is InChI=1S/C71H53N/c1-69(2)61-33-17-15-30-56(61)58-44-43-55(47-66(58)69)72(67-45-38-50(48-22-7-3-8-23-48)46-60(67)49-24-9-4-10-25-49)54-41-39-53(40-42-54)70(51-26-11-5-12-27-51)63-35-19-20-36-64(63)71(52-28-13-6-14-29-52)62-34-18-16-31-57(62)59-32-21-37-65(70)68(59)71/h3-26,28-47,51H,27H2,1-2H3. The molecule has 0 radical (unpaired) electrons. The Balaban J connectivity index is 1.02. The van der Waals surface area contributed by atoms with Crippen molar-refractivity contribution in [3.05, 3.63) is 317 Å². The van der Waals surface area contributed by atoms with E-state index >= 15 is 0 Å². The van der Waals surface area contributed by atoms with E-state index < -0.39 is 10.8 Å². The third-order valence-electron chi connectivity index (χ3n) is 16.8. The zero-order valence-electron chi connectivity index (χ0n) is 40.6. The summed E-state index contributed by atoms with van der Waals surface area (Å²) in [5, 5.41) is 0. The number of hydrogen-bond donors (Lipinski definition) is 0. The topological polar surface area (TPSA) is 3.24 Å². The van der Waals surface area contributed by atoms with Gasteiger partial charge in [-0.2, -0.15) is 0 Å². The Morgan fingerprint density at radius 1 is 0.375 bits per heavy atom. The Labute approximate surface area is 423 Å². The van der Waals surface area contributed by atoms with Crippen LogP contribution in [-0.4, -0.2) is 0 Å². The average Bonchev–Trinajstić information content (AvgIpc) is 3.88. The fraction of sp³-hybridized carbons (Fsp3) is 0.0986. The molecule has 0 amide bonds. The maximum absolute atomic E-state index is 2.52. The molecule has 72 heavy (non-hydrogen) atoms. The highest BCUT2D eigenvalue weighted by molar-refractivity contribution is 5.94. The van der Waals surface area contributed by atoms with Crippen molar-refractivity contribution in [1.82, 2.24) is 0 Å². The van der Waals surface area contributed by atoms with Gasteiger partial charge >= 0.3 is 0 Å². The highest BCUT2D eigenvalue weighted by atomic mass is 15.1. The predicted octanol–water partition coefficient (Wildman–Crippen LogP) is 17.9. The first-order valence-corrected chi connectivity index (χ1v) is 25.6. The molecule has 4 aliphatic rings. The van der Waals surface area contributed by atoms with Crippen LogP contribution in [0.5, 0.6) is 0 Å². The summed E-state index contributed by atoms with van der Waals surface area (Å²) in [6.45, 7) is 4.76. The Kier molecular flexibility index (Phi) is 9.57. The van der Waals surface area contributed by atoms with Crippen LogP contribution in [0.25, 0.3) is 44.5 Å². The lowest BCUT2D eigenvalue weighted by atomic mass is 9.49. The summed E-state index contributed by atoms with van der Waals surface area (Å²) in [7, 11) is 0. The number of allylic oxidation sites excluding steroid dienone is 4. The van der Waals surface area contributed by atoms with Crippen molar-refractivity contribution in [2.75, 3.05) is 4.90 Å². The monoisotopic (exact) mass is 919 g/mol. The number of anilines is 3. The molecule has 0 aliphatic heterocycles. The van der Waals surface area contributed by atoms with Crippen molar-refractivity contribution in [2.45, 2.75) is 36.5 Å². The highest BCUT2D eigenvalue weighted by Gasteiger charge is 2.58. The van der Waals surface area contributed by atoms with E-state index in [1.54, 1.807) is 0 Å². The second-order valence-electron chi connectivity index (χ2n) is 20.6. The summed E-state index contributed by atoms with van der Waals surface area (Å²) in [6.07, 6.45) is 10.3. The Morgan fingerprint density at radius 2 is 0.958 bits per heavy atom. The summed E-state index contributed by atoms with van der Waals surface area (Å²) < 4.78 is 0. The minimum Gasteiger partial charge on any atom is -0.310 e. The van der Waals surface area contributed by atoms with Gasteiger partial charge in [0.15, 0.2) is 0 Å². The van der Waals surface area contributed by atoms with Gasteiger partial charge in [-0.05, 0) is 138 Å². The lowest BCUT2D eigenvalue weighted by Gasteiger charge is -2.52. The van der Waals surface area contributed by atoms with E-state index in [0.29, 0.717) is 0 Å². The Morgan fingerprint density at radius 3 is 1.68 bits per heavy atom. The largest absolute Gasteiger partial charge is 0.310 e. The van der Waals surface area contributed by atoms with Gasteiger partial charge in [0.1, 0.15) is 0 Å². The molecule has 0 bridgehead atoms. The van der Waals surface area contributed by atoms with Gasteiger partial charge in [0, 0.05) is 22.4 Å². The minimum atomic E-state index is -0.511. The molecular formula is C71H53N. The minimum absolute atomic E-state index is 0.158. The maximum atomic E-state index is 2.52. The van der Waals surface area contributed by atoms with E-state index in [4.69, 9.17) is 0 Å². The number of benzene rings is 10. The first-order valence-electron chi connectivity index (χ1n) is 25.6. The predicted molar refractivity (Wildman–Crippen MR) is 300 cm³/mol. The maximum Gasteiger partial charge on any atom is 0.0719 e. The molecule has 0 saturated carbocycles. The van der Waals surface area contributed by atoms with Crippen LogP contribution < -0.4 is 4.90 Å². The van der Waals surface area contributed by atoms with E-state index in [2.05, 4.69) is 286 Å². The van der Waals surface area contributed by atoms with Crippen molar-refractivity contribution in [1.29, 1.82) is 0 Å². The van der Waals surface area contributed by atoms with Gasteiger partial charge in [-0.25, -0.2) is 0 Å². The van der Waals surface area contributed by atoms with E-state index in [-0.39, 0.29) is 11.3 Å². The molecule has 0 heterocycles. The van der Waals surface area contributed by atoms with Gasteiger partial charge < -0.3 is 4.90 Å². The van der Waals surface area contributed by atoms with Gasteiger partial charge in [0.05, 0.1) is 16.5 Å². The fourth-order valence-electron chi connectivity index (χ4n) is 13.8. The molecule has 10 aromatic carbocycles. The molecule has 0 aromatic heterocycles. The summed E-state index contributed by atoms with van der Waals surface area (Å²) >= 11 is 0. The van der Waals surface area contributed by atoms with Crippen LogP contribution in [-0.2, 0) is 16.2 Å². The Bertz CT molecular complexity index is 3800. The van der Waals surface area contributed by atoms with Gasteiger partial charge in [-0.15, -0.1) is 0 Å². The summed E-state index contributed by atoms with van der Waals surface area (Å²) in [5.74, 6) is 0.158. The molecule has 14 rings (SSSR count). The molecule has 0 spiro atoms. The normalized spacial score (nSPS) is 19.2. The van der Waals surface area contributed by atoms with Crippen LogP contribution in [0.15, 0.2) is 267 Å². The van der Waals surface area contributed by atoms with Crippen molar-refractivity contribution in [3.8, 4) is 44.5 Å². The van der Waals surface area contributed by atoms with E-state index in [9.17, 15) is 0 Å². The quantitative estimate of drug-likeness (QED) is 0.147. The number of hydrogen-bond acceptors (Lipinski definition) is 1. The van der Waals surface area contributed by atoms with Crippen LogP contribution in [0.3, 0.4) is 0 Å². The first kappa shape index (κ1) is 42.4. The third-order valence-corrected chi connectivity index (χ3v) is 16.8. The van der Waals surface area contributed by atoms with Crippen LogP contribution in [0, 0.1) is 5.92 Å². The second-order valence-corrected chi connectivity index (χ2v) is 20.6. The van der Waals surface area contributed by atoms with Gasteiger partial charge in [-0.3, -0.25) is 0 Å². The lowest BCUT2D eigenvalue weighted by Crippen LogP contribution is -2.47. The number of nitrogens with zero attached hydrogens (tertiary/aromatic N) is 1. The van der Waals surface area contributed by atoms with Crippen LogP contribution >= 0.6 is 0 Å². The average molecular weight is 920 g/mol. The molecule has 0 fully saturated rings. The third kappa shape index (κ3) is 5.95. The van der Waals surface area contributed by atoms with Gasteiger partial charge in [0.2, 0.25) is 0 Å². The Hall–Kier alpha value is -8.52. The van der Waals surface area contributed by atoms with Crippen molar-refractivity contribution in [2.24, 2.45) is 5.92 Å². The van der Waals surface area contributed by atoms with E-state index in [0.717, 1.165) is 23.5 Å².